The van der Waals surface area contributed by atoms with Crippen molar-refractivity contribution in [3.8, 4) is 5.75 Å². The molecule has 0 amide bonds. The highest BCUT2D eigenvalue weighted by molar-refractivity contribution is 6.01. The van der Waals surface area contributed by atoms with Crippen LogP contribution in [0.3, 0.4) is 0 Å². The molecule has 0 spiro atoms. The lowest BCUT2D eigenvalue weighted by atomic mass is 9.48. The maximum Gasteiger partial charge on any atom is 0.311 e. The van der Waals surface area contributed by atoms with Crippen LogP contribution in [0.15, 0.2) is 18.2 Å². The molecule has 1 aromatic rings. The number of benzene rings is 1. The number of nitro groups is 1. The molecule has 4 saturated carbocycles. The van der Waals surface area contributed by atoms with Gasteiger partial charge in [0.15, 0.2) is 11.5 Å². The number of carbonyl (C=O) groups is 1. The second-order valence-electron chi connectivity index (χ2n) is 7.67. The van der Waals surface area contributed by atoms with Crippen LogP contribution in [0.2, 0.25) is 0 Å². The molecular formula is C18H21NO4. The fourth-order valence-corrected chi connectivity index (χ4v) is 5.67. The zero-order chi connectivity index (χ0) is 16.2. The number of hydrogen-bond donors (Lipinski definition) is 0. The van der Waals surface area contributed by atoms with Crippen LogP contribution in [0, 0.1) is 33.3 Å². The summed E-state index contributed by atoms with van der Waals surface area (Å²) in [7, 11) is 1.41. The summed E-state index contributed by atoms with van der Waals surface area (Å²) in [5, 5.41) is 11.2. The predicted molar refractivity (Wildman–Crippen MR) is 84.6 cm³/mol. The minimum Gasteiger partial charge on any atom is -0.490 e. The molecule has 122 valence electrons. The van der Waals surface area contributed by atoms with Crippen LogP contribution >= 0.6 is 0 Å². The van der Waals surface area contributed by atoms with Crippen molar-refractivity contribution in [2.24, 2.45) is 23.2 Å². The van der Waals surface area contributed by atoms with Crippen LogP contribution < -0.4 is 4.74 Å². The molecule has 0 aliphatic heterocycles. The number of hydrogen-bond acceptors (Lipinski definition) is 4. The Morgan fingerprint density at radius 1 is 1.17 bits per heavy atom. The number of rotatable bonds is 4. The Kier molecular flexibility index (Phi) is 3.22. The van der Waals surface area contributed by atoms with E-state index in [-0.39, 0.29) is 22.6 Å². The van der Waals surface area contributed by atoms with E-state index in [9.17, 15) is 14.9 Å². The van der Waals surface area contributed by atoms with Crippen molar-refractivity contribution < 1.29 is 14.5 Å². The first-order valence-corrected chi connectivity index (χ1v) is 8.38. The molecule has 0 atom stereocenters. The fourth-order valence-electron chi connectivity index (χ4n) is 5.67. The fraction of sp³-hybridized carbons (Fsp3) is 0.611. The van der Waals surface area contributed by atoms with Crippen molar-refractivity contribution in [2.75, 3.05) is 7.11 Å². The van der Waals surface area contributed by atoms with E-state index < -0.39 is 4.92 Å². The van der Waals surface area contributed by atoms with Gasteiger partial charge in [0.1, 0.15) is 0 Å². The SMILES string of the molecule is COc1ccc(C(=O)C23CC4CC(CC(C4)C2)C3)cc1[N+](=O)[O-]. The van der Waals surface area contributed by atoms with E-state index >= 15 is 0 Å². The molecule has 4 fully saturated rings. The standard InChI is InChI=1S/C18H21NO4/c1-23-16-3-2-14(7-15(16)19(21)22)17(20)18-8-11-4-12(9-18)6-13(5-11)10-18/h2-3,7,11-13H,4-6,8-10H2,1H3. The quantitative estimate of drug-likeness (QED) is 0.478. The van der Waals surface area contributed by atoms with Gasteiger partial charge in [-0.2, -0.15) is 0 Å². The predicted octanol–water partition coefficient (Wildman–Crippen LogP) is 4.00. The van der Waals surface area contributed by atoms with Crippen molar-refractivity contribution in [3.63, 3.8) is 0 Å². The van der Waals surface area contributed by atoms with E-state index in [2.05, 4.69) is 0 Å². The number of methoxy groups -OCH3 is 1. The Labute approximate surface area is 135 Å². The molecule has 0 heterocycles. The number of Topliss-reactive ketones (excluding diaryl/α,β-unsaturated/α-hetero) is 1. The van der Waals surface area contributed by atoms with Gasteiger partial charge >= 0.3 is 5.69 Å². The Morgan fingerprint density at radius 3 is 2.22 bits per heavy atom. The Hall–Kier alpha value is -1.91. The molecule has 5 heteroatoms. The van der Waals surface area contributed by atoms with Gasteiger partial charge in [0.2, 0.25) is 0 Å². The number of nitrogens with zero attached hydrogens (tertiary/aromatic N) is 1. The van der Waals surface area contributed by atoms with E-state index in [1.807, 2.05) is 0 Å². The van der Waals surface area contributed by atoms with Gasteiger partial charge in [-0.25, -0.2) is 0 Å². The van der Waals surface area contributed by atoms with E-state index in [4.69, 9.17) is 4.74 Å². The Bertz CT molecular complexity index is 646. The minimum absolute atomic E-state index is 0.113. The summed E-state index contributed by atoms with van der Waals surface area (Å²) in [4.78, 5) is 24.0. The third-order valence-electron chi connectivity index (χ3n) is 6.16. The molecule has 4 aliphatic carbocycles. The molecule has 5 rings (SSSR count). The first-order chi connectivity index (χ1) is 11.0. The van der Waals surface area contributed by atoms with E-state index in [1.165, 1.54) is 32.4 Å². The van der Waals surface area contributed by atoms with Crippen LogP contribution in [0.5, 0.6) is 5.75 Å². The smallest absolute Gasteiger partial charge is 0.311 e. The van der Waals surface area contributed by atoms with Crippen LogP contribution in [0.4, 0.5) is 5.69 Å². The monoisotopic (exact) mass is 315 g/mol. The molecule has 0 unspecified atom stereocenters. The van der Waals surface area contributed by atoms with Gasteiger partial charge in [0.25, 0.3) is 0 Å². The van der Waals surface area contributed by atoms with Gasteiger partial charge in [-0.1, -0.05) is 0 Å². The van der Waals surface area contributed by atoms with Crippen molar-refractivity contribution in [3.05, 3.63) is 33.9 Å². The highest BCUT2D eigenvalue weighted by Crippen LogP contribution is 2.61. The summed E-state index contributed by atoms with van der Waals surface area (Å²) >= 11 is 0. The largest absolute Gasteiger partial charge is 0.490 e. The molecule has 23 heavy (non-hydrogen) atoms. The lowest BCUT2D eigenvalue weighted by Gasteiger charge is -2.55. The first kappa shape index (κ1) is 14.7. The second-order valence-corrected chi connectivity index (χ2v) is 7.67. The average molecular weight is 315 g/mol. The number of ketones is 1. The van der Waals surface area contributed by atoms with Gasteiger partial charge in [0.05, 0.1) is 12.0 Å². The normalized spacial score (nSPS) is 34.4. The Balaban J connectivity index is 1.69. The zero-order valence-corrected chi connectivity index (χ0v) is 13.3. The van der Waals surface area contributed by atoms with E-state index in [0.717, 1.165) is 19.3 Å². The highest BCUT2D eigenvalue weighted by Gasteiger charge is 2.54. The Morgan fingerprint density at radius 2 is 1.74 bits per heavy atom. The number of carbonyl (C=O) groups excluding carboxylic acids is 1. The summed E-state index contributed by atoms with van der Waals surface area (Å²) in [6.45, 7) is 0. The molecule has 1 aromatic carbocycles. The van der Waals surface area contributed by atoms with E-state index in [1.54, 1.807) is 12.1 Å². The maximum absolute atomic E-state index is 13.2. The molecular weight excluding hydrogens is 294 g/mol. The summed E-state index contributed by atoms with van der Waals surface area (Å²) in [5.74, 6) is 2.36. The zero-order valence-electron chi connectivity index (χ0n) is 13.3. The third-order valence-corrected chi connectivity index (χ3v) is 6.16. The summed E-state index contributed by atoms with van der Waals surface area (Å²) in [5.41, 5.74) is 0.0829. The van der Waals surface area contributed by atoms with Crippen molar-refractivity contribution in [2.45, 2.75) is 38.5 Å². The van der Waals surface area contributed by atoms with E-state index in [0.29, 0.717) is 23.3 Å². The van der Waals surface area contributed by atoms with Gasteiger partial charge in [0, 0.05) is 17.0 Å². The van der Waals surface area contributed by atoms with Gasteiger partial charge in [-0.15, -0.1) is 0 Å². The van der Waals surface area contributed by atoms with Crippen LogP contribution in [0.25, 0.3) is 0 Å². The number of nitro benzene ring substituents is 1. The third kappa shape index (κ3) is 2.25. The molecule has 0 radical (unpaired) electrons. The van der Waals surface area contributed by atoms with Crippen molar-refractivity contribution >= 4 is 11.5 Å². The van der Waals surface area contributed by atoms with Crippen LogP contribution in [-0.4, -0.2) is 17.8 Å². The van der Waals surface area contributed by atoms with Gasteiger partial charge in [-0.05, 0) is 68.4 Å². The summed E-state index contributed by atoms with van der Waals surface area (Å²) < 4.78 is 5.04. The topological polar surface area (TPSA) is 69.4 Å². The van der Waals surface area contributed by atoms with Crippen molar-refractivity contribution in [1.82, 2.24) is 0 Å². The van der Waals surface area contributed by atoms with Gasteiger partial charge in [-0.3, -0.25) is 14.9 Å². The maximum atomic E-state index is 13.2. The second kappa shape index (κ2) is 5.05. The lowest BCUT2D eigenvalue weighted by Crippen LogP contribution is -2.50. The molecule has 4 aliphatic rings. The first-order valence-electron chi connectivity index (χ1n) is 8.38. The molecule has 0 saturated heterocycles. The lowest BCUT2D eigenvalue weighted by molar-refractivity contribution is -0.385. The average Bonchev–Trinajstić information content (AvgIpc) is 2.52. The minimum atomic E-state index is -0.477. The molecule has 0 N–H and O–H groups in total. The summed E-state index contributed by atoms with van der Waals surface area (Å²) in [6.07, 6.45) is 6.73. The van der Waals surface area contributed by atoms with Crippen LogP contribution in [-0.2, 0) is 0 Å². The van der Waals surface area contributed by atoms with Gasteiger partial charge < -0.3 is 4.74 Å². The highest BCUT2D eigenvalue weighted by atomic mass is 16.6. The van der Waals surface area contributed by atoms with Crippen molar-refractivity contribution in [1.29, 1.82) is 0 Å². The molecule has 5 nitrogen and oxygen atoms in total. The van der Waals surface area contributed by atoms with Crippen LogP contribution in [0.1, 0.15) is 48.9 Å². The molecule has 0 aromatic heterocycles. The molecule has 4 bridgehead atoms. The number of ether oxygens (including phenoxy) is 1. The summed E-state index contributed by atoms with van der Waals surface area (Å²) in [6, 6.07) is 4.64.